The Morgan fingerprint density at radius 2 is 2.00 bits per heavy atom. The summed E-state index contributed by atoms with van der Waals surface area (Å²) < 4.78 is 0. The molecule has 26 heavy (non-hydrogen) atoms. The molecule has 0 amide bonds. The van der Waals surface area contributed by atoms with Crippen molar-refractivity contribution in [2.45, 2.75) is 25.4 Å². The van der Waals surface area contributed by atoms with Gasteiger partial charge in [0.05, 0.1) is 17.7 Å². The van der Waals surface area contributed by atoms with E-state index in [-0.39, 0.29) is 0 Å². The molecule has 1 atom stereocenters. The van der Waals surface area contributed by atoms with E-state index >= 15 is 0 Å². The number of thiophene rings is 1. The number of guanidine groups is 1. The van der Waals surface area contributed by atoms with E-state index in [0.717, 1.165) is 18.1 Å². The molecule has 1 saturated heterocycles. The number of nitrogens with one attached hydrogen (secondary N) is 2. The van der Waals surface area contributed by atoms with Crippen molar-refractivity contribution in [1.82, 2.24) is 15.5 Å². The Morgan fingerprint density at radius 1 is 1.23 bits per heavy atom. The van der Waals surface area contributed by atoms with Gasteiger partial charge in [0, 0.05) is 25.0 Å². The third-order valence-corrected chi connectivity index (χ3v) is 5.66. The zero-order valence-electron chi connectivity index (χ0n) is 15.1. The van der Waals surface area contributed by atoms with E-state index in [1.807, 2.05) is 35.6 Å². The number of hydrogen-bond acceptors (Lipinski definition) is 4. The molecule has 2 aromatic rings. The van der Waals surface area contributed by atoms with Gasteiger partial charge in [-0.3, -0.25) is 9.89 Å². The zero-order valence-corrected chi connectivity index (χ0v) is 15.9. The topological polar surface area (TPSA) is 63.5 Å². The lowest BCUT2D eigenvalue weighted by molar-refractivity contribution is 0.249. The second-order valence-corrected chi connectivity index (χ2v) is 7.37. The van der Waals surface area contributed by atoms with Gasteiger partial charge in [-0.2, -0.15) is 5.26 Å². The van der Waals surface area contributed by atoms with Gasteiger partial charge in [0.25, 0.3) is 0 Å². The number of hydrogen-bond donors (Lipinski definition) is 2. The molecule has 1 aromatic carbocycles. The predicted molar refractivity (Wildman–Crippen MR) is 107 cm³/mol. The Bertz CT molecular complexity index is 740. The molecule has 5 nitrogen and oxygen atoms in total. The van der Waals surface area contributed by atoms with E-state index in [2.05, 4.69) is 44.1 Å². The average Bonchev–Trinajstić information content (AvgIpc) is 3.39. The average molecular weight is 368 g/mol. The maximum Gasteiger partial charge on any atom is 0.191 e. The predicted octanol–water partition coefficient (Wildman–Crippen LogP) is 3.12. The van der Waals surface area contributed by atoms with Crippen molar-refractivity contribution in [3.8, 4) is 6.07 Å². The van der Waals surface area contributed by atoms with Gasteiger partial charge in [0.1, 0.15) is 0 Å². The molecule has 1 aromatic heterocycles. The number of likely N-dealkylation sites (tertiary alicyclic amines) is 1. The molecule has 0 spiro atoms. The largest absolute Gasteiger partial charge is 0.354 e. The fourth-order valence-electron chi connectivity index (χ4n) is 3.24. The summed E-state index contributed by atoms with van der Waals surface area (Å²) in [5.41, 5.74) is 1.81. The molecule has 0 bridgehead atoms. The van der Waals surface area contributed by atoms with Crippen LogP contribution in [0.2, 0.25) is 0 Å². The Morgan fingerprint density at radius 3 is 2.62 bits per heavy atom. The van der Waals surface area contributed by atoms with Gasteiger partial charge in [0.2, 0.25) is 0 Å². The first-order chi connectivity index (χ1) is 12.8. The highest BCUT2D eigenvalue weighted by Crippen LogP contribution is 2.27. The number of aliphatic imine (C=N–C) groups is 1. The molecule has 0 aliphatic carbocycles. The molecule has 3 rings (SSSR count). The van der Waals surface area contributed by atoms with Crippen LogP contribution in [0.3, 0.4) is 0 Å². The molecule has 0 saturated carbocycles. The summed E-state index contributed by atoms with van der Waals surface area (Å²) in [5.74, 6) is 0.801. The maximum absolute atomic E-state index is 8.88. The second kappa shape index (κ2) is 9.37. The van der Waals surface area contributed by atoms with Crippen LogP contribution in [-0.4, -0.2) is 37.5 Å². The van der Waals surface area contributed by atoms with Crippen molar-refractivity contribution in [2.24, 2.45) is 4.99 Å². The van der Waals surface area contributed by atoms with Gasteiger partial charge in [-0.1, -0.05) is 18.2 Å². The van der Waals surface area contributed by atoms with Crippen LogP contribution in [0.4, 0.5) is 0 Å². The summed E-state index contributed by atoms with van der Waals surface area (Å²) in [6, 6.07) is 14.5. The molecule has 1 unspecified atom stereocenters. The third kappa shape index (κ3) is 4.84. The van der Waals surface area contributed by atoms with Crippen molar-refractivity contribution < 1.29 is 0 Å². The Balaban J connectivity index is 1.55. The Labute approximate surface area is 159 Å². The van der Waals surface area contributed by atoms with Gasteiger partial charge in [-0.15, -0.1) is 11.3 Å². The van der Waals surface area contributed by atoms with Crippen LogP contribution in [0.1, 0.15) is 34.9 Å². The molecule has 6 heteroatoms. The van der Waals surface area contributed by atoms with Crippen LogP contribution in [0.5, 0.6) is 0 Å². The molecule has 136 valence electrons. The smallest absolute Gasteiger partial charge is 0.191 e. The van der Waals surface area contributed by atoms with Gasteiger partial charge < -0.3 is 10.6 Å². The highest BCUT2D eigenvalue weighted by molar-refractivity contribution is 7.10. The lowest BCUT2D eigenvalue weighted by Gasteiger charge is -2.27. The molecule has 1 fully saturated rings. The van der Waals surface area contributed by atoms with Crippen LogP contribution >= 0.6 is 11.3 Å². The number of benzene rings is 1. The minimum Gasteiger partial charge on any atom is -0.354 e. The molecular formula is C20H25N5S. The maximum atomic E-state index is 8.88. The highest BCUT2D eigenvalue weighted by Gasteiger charge is 2.24. The number of nitrogens with zero attached hydrogens (tertiary/aromatic N) is 3. The van der Waals surface area contributed by atoms with Gasteiger partial charge >= 0.3 is 0 Å². The van der Waals surface area contributed by atoms with Crippen LogP contribution < -0.4 is 10.6 Å². The summed E-state index contributed by atoms with van der Waals surface area (Å²) in [6.07, 6.45) is 2.57. The van der Waals surface area contributed by atoms with Gasteiger partial charge in [-0.25, -0.2) is 0 Å². The van der Waals surface area contributed by atoms with Crippen LogP contribution in [0.15, 0.2) is 46.8 Å². The van der Waals surface area contributed by atoms with Crippen molar-refractivity contribution in [3.05, 3.63) is 57.8 Å². The fraction of sp³-hybridized carbons (Fsp3) is 0.400. The summed E-state index contributed by atoms with van der Waals surface area (Å²) >= 11 is 1.82. The van der Waals surface area contributed by atoms with Crippen molar-refractivity contribution in [1.29, 1.82) is 5.26 Å². The lowest BCUT2D eigenvalue weighted by atomic mass is 10.1. The molecule has 1 aliphatic rings. The molecule has 0 radical (unpaired) electrons. The third-order valence-electron chi connectivity index (χ3n) is 4.68. The summed E-state index contributed by atoms with van der Waals surface area (Å²) in [4.78, 5) is 8.31. The Kier molecular flexibility index (Phi) is 6.64. The van der Waals surface area contributed by atoms with E-state index in [1.54, 1.807) is 7.05 Å². The first-order valence-corrected chi connectivity index (χ1v) is 9.89. The standard InChI is InChI=1S/C20H25N5S/c1-22-20(23-14-17-8-6-16(13-21)7-9-17)24-15-18(19-5-4-12-26-19)25-10-2-3-11-25/h4-9,12,18H,2-3,10-11,14-15H2,1H3,(H2,22,23,24). The van der Waals surface area contributed by atoms with E-state index in [1.165, 1.54) is 30.8 Å². The number of nitriles is 1. The monoisotopic (exact) mass is 367 g/mol. The minimum atomic E-state index is 0.394. The second-order valence-electron chi connectivity index (χ2n) is 6.39. The van der Waals surface area contributed by atoms with Crippen molar-refractivity contribution in [3.63, 3.8) is 0 Å². The van der Waals surface area contributed by atoms with Crippen LogP contribution in [0, 0.1) is 11.3 Å². The molecule has 2 heterocycles. The van der Waals surface area contributed by atoms with E-state index in [4.69, 9.17) is 5.26 Å². The van der Waals surface area contributed by atoms with Crippen LogP contribution in [0.25, 0.3) is 0 Å². The normalized spacial score (nSPS) is 16.2. The first kappa shape index (κ1) is 18.4. The van der Waals surface area contributed by atoms with Gasteiger partial charge in [0.15, 0.2) is 5.96 Å². The summed E-state index contributed by atoms with van der Waals surface area (Å²) in [7, 11) is 1.80. The summed E-state index contributed by atoms with van der Waals surface area (Å²) in [6.45, 7) is 3.86. The summed E-state index contributed by atoms with van der Waals surface area (Å²) in [5, 5.41) is 17.9. The van der Waals surface area contributed by atoms with E-state index in [0.29, 0.717) is 18.2 Å². The quantitative estimate of drug-likeness (QED) is 0.608. The van der Waals surface area contributed by atoms with Crippen LogP contribution in [-0.2, 0) is 6.54 Å². The zero-order chi connectivity index (χ0) is 18.2. The number of rotatable bonds is 6. The fourth-order valence-corrected chi connectivity index (χ4v) is 4.10. The minimum absolute atomic E-state index is 0.394. The molecule has 2 N–H and O–H groups in total. The lowest BCUT2D eigenvalue weighted by Crippen LogP contribution is -2.42. The molecule has 1 aliphatic heterocycles. The van der Waals surface area contributed by atoms with E-state index in [9.17, 15) is 0 Å². The Hall–Kier alpha value is -2.36. The SMILES string of the molecule is CN=C(NCc1ccc(C#N)cc1)NCC(c1cccs1)N1CCCC1. The van der Waals surface area contributed by atoms with E-state index < -0.39 is 0 Å². The van der Waals surface area contributed by atoms with Gasteiger partial charge in [-0.05, 0) is 55.1 Å². The van der Waals surface area contributed by atoms with Crippen molar-refractivity contribution in [2.75, 3.05) is 26.7 Å². The highest BCUT2D eigenvalue weighted by atomic mass is 32.1. The molecular weight excluding hydrogens is 342 g/mol. The first-order valence-electron chi connectivity index (χ1n) is 9.01. The van der Waals surface area contributed by atoms with Crippen molar-refractivity contribution >= 4 is 17.3 Å².